The molecule has 116 valence electrons. The molecule has 3 rings (SSSR count). The molecule has 1 aromatic carbocycles. The van der Waals surface area contributed by atoms with E-state index in [9.17, 15) is 9.59 Å². The standard InChI is InChI=1S/C17H21N3O2/c1-13-6-5-7-14-16(13)18-12-20(17(14)22)11-8-15(21)19-9-3-2-4-10-19/h5-7,12H,2-4,8-11H2,1H3. The number of para-hydroxylation sites is 1. The first kappa shape index (κ1) is 14.8. The van der Waals surface area contributed by atoms with Gasteiger partial charge >= 0.3 is 0 Å². The van der Waals surface area contributed by atoms with Gasteiger partial charge in [0.1, 0.15) is 0 Å². The zero-order chi connectivity index (χ0) is 15.5. The van der Waals surface area contributed by atoms with E-state index in [0.717, 1.165) is 37.0 Å². The van der Waals surface area contributed by atoms with Gasteiger partial charge in [0.05, 0.1) is 17.2 Å². The Labute approximate surface area is 129 Å². The molecule has 1 aromatic heterocycles. The van der Waals surface area contributed by atoms with Gasteiger partial charge in [-0.1, -0.05) is 12.1 Å². The van der Waals surface area contributed by atoms with Crippen LogP contribution in [0.3, 0.4) is 0 Å². The zero-order valence-corrected chi connectivity index (χ0v) is 12.9. The summed E-state index contributed by atoms with van der Waals surface area (Å²) >= 11 is 0. The molecule has 5 nitrogen and oxygen atoms in total. The number of hydrogen-bond donors (Lipinski definition) is 0. The smallest absolute Gasteiger partial charge is 0.261 e. The van der Waals surface area contributed by atoms with Crippen molar-refractivity contribution in [3.63, 3.8) is 0 Å². The van der Waals surface area contributed by atoms with E-state index < -0.39 is 0 Å². The SMILES string of the molecule is Cc1cccc2c(=O)n(CCC(=O)N3CCCCC3)cnc12. The second kappa shape index (κ2) is 6.30. The maximum atomic E-state index is 12.5. The van der Waals surface area contributed by atoms with Gasteiger partial charge in [-0.3, -0.25) is 14.2 Å². The Bertz CT molecular complexity index is 745. The number of rotatable bonds is 3. The lowest BCUT2D eigenvalue weighted by Crippen LogP contribution is -2.36. The average Bonchev–Trinajstić information content (AvgIpc) is 2.55. The summed E-state index contributed by atoms with van der Waals surface area (Å²) in [6, 6.07) is 5.60. The van der Waals surface area contributed by atoms with Crippen LogP contribution in [0, 0.1) is 6.92 Å². The Hall–Kier alpha value is -2.17. The van der Waals surface area contributed by atoms with Gasteiger partial charge in [-0.15, -0.1) is 0 Å². The first-order valence-electron chi connectivity index (χ1n) is 7.89. The molecule has 1 saturated heterocycles. The van der Waals surface area contributed by atoms with Crippen LogP contribution in [0.25, 0.3) is 10.9 Å². The Balaban J connectivity index is 1.75. The lowest BCUT2D eigenvalue weighted by Gasteiger charge is -2.26. The molecule has 1 aliphatic rings. The van der Waals surface area contributed by atoms with E-state index in [-0.39, 0.29) is 11.5 Å². The van der Waals surface area contributed by atoms with Crippen LogP contribution >= 0.6 is 0 Å². The lowest BCUT2D eigenvalue weighted by atomic mass is 10.1. The molecule has 0 radical (unpaired) electrons. The van der Waals surface area contributed by atoms with E-state index in [1.54, 1.807) is 17.0 Å². The van der Waals surface area contributed by atoms with Gasteiger partial charge in [0.15, 0.2) is 0 Å². The van der Waals surface area contributed by atoms with Crippen molar-refractivity contribution in [1.29, 1.82) is 0 Å². The van der Waals surface area contributed by atoms with Crippen LogP contribution in [-0.4, -0.2) is 33.4 Å². The Kier molecular flexibility index (Phi) is 4.22. The van der Waals surface area contributed by atoms with Gasteiger partial charge in [-0.2, -0.15) is 0 Å². The van der Waals surface area contributed by atoms with Crippen LogP contribution < -0.4 is 5.56 Å². The molecule has 0 spiro atoms. The summed E-state index contributed by atoms with van der Waals surface area (Å²) < 4.78 is 1.55. The summed E-state index contributed by atoms with van der Waals surface area (Å²) in [7, 11) is 0. The lowest BCUT2D eigenvalue weighted by molar-refractivity contribution is -0.132. The number of amides is 1. The fourth-order valence-electron chi connectivity index (χ4n) is 3.01. The van der Waals surface area contributed by atoms with E-state index in [0.29, 0.717) is 18.4 Å². The highest BCUT2D eigenvalue weighted by atomic mass is 16.2. The van der Waals surface area contributed by atoms with Crippen molar-refractivity contribution in [1.82, 2.24) is 14.5 Å². The minimum absolute atomic E-state index is 0.0693. The molecular weight excluding hydrogens is 278 g/mol. The number of likely N-dealkylation sites (tertiary alicyclic amines) is 1. The average molecular weight is 299 g/mol. The molecular formula is C17H21N3O2. The molecule has 0 atom stereocenters. The second-order valence-corrected chi connectivity index (χ2v) is 5.91. The summed E-state index contributed by atoms with van der Waals surface area (Å²) in [4.78, 5) is 30.9. The molecule has 22 heavy (non-hydrogen) atoms. The highest BCUT2D eigenvalue weighted by molar-refractivity contribution is 5.80. The fraction of sp³-hybridized carbons (Fsp3) is 0.471. The van der Waals surface area contributed by atoms with Crippen LogP contribution in [0.15, 0.2) is 29.3 Å². The molecule has 0 aliphatic carbocycles. The highest BCUT2D eigenvalue weighted by Gasteiger charge is 2.16. The quantitative estimate of drug-likeness (QED) is 0.872. The first-order valence-corrected chi connectivity index (χ1v) is 7.89. The third-order valence-corrected chi connectivity index (χ3v) is 4.33. The van der Waals surface area contributed by atoms with Crippen molar-refractivity contribution in [2.75, 3.05) is 13.1 Å². The van der Waals surface area contributed by atoms with E-state index in [1.807, 2.05) is 24.0 Å². The largest absolute Gasteiger partial charge is 0.343 e. The summed E-state index contributed by atoms with van der Waals surface area (Å²) in [6.07, 6.45) is 5.29. The van der Waals surface area contributed by atoms with E-state index >= 15 is 0 Å². The van der Waals surface area contributed by atoms with Gasteiger partial charge in [0.2, 0.25) is 5.91 Å². The molecule has 0 unspecified atom stereocenters. The van der Waals surface area contributed by atoms with E-state index in [2.05, 4.69) is 4.98 Å². The predicted octanol–water partition coefficient (Wildman–Crippen LogP) is 2.11. The summed E-state index contributed by atoms with van der Waals surface area (Å²) in [5.41, 5.74) is 1.66. The van der Waals surface area contributed by atoms with Crippen molar-refractivity contribution in [2.24, 2.45) is 0 Å². The van der Waals surface area contributed by atoms with Gasteiger partial charge in [-0.05, 0) is 37.8 Å². The molecule has 0 saturated carbocycles. The molecule has 1 fully saturated rings. The summed E-state index contributed by atoms with van der Waals surface area (Å²) in [6.45, 7) is 4.04. The molecule has 2 aromatic rings. The zero-order valence-electron chi connectivity index (χ0n) is 12.9. The molecule has 0 bridgehead atoms. The number of aromatic nitrogens is 2. The van der Waals surface area contributed by atoms with Crippen LogP contribution in [0.2, 0.25) is 0 Å². The highest BCUT2D eigenvalue weighted by Crippen LogP contribution is 2.12. The normalized spacial score (nSPS) is 15.2. The Morgan fingerprint density at radius 3 is 2.77 bits per heavy atom. The number of carbonyl (C=O) groups is 1. The third-order valence-electron chi connectivity index (χ3n) is 4.33. The third kappa shape index (κ3) is 2.89. The maximum Gasteiger partial charge on any atom is 0.261 e. The maximum absolute atomic E-state index is 12.5. The van der Waals surface area contributed by atoms with Crippen LogP contribution in [0.5, 0.6) is 0 Å². The van der Waals surface area contributed by atoms with Gasteiger partial charge < -0.3 is 4.90 Å². The minimum Gasteiger partial charge on any atom is -0.343 e. The molecule has 5 heteroatoms. The van der Waals surface area contributed by atoms with E-state index in [4.69, 9.17) is 0 Å². The molecule has 1 aliphatic heterocycles. The minimum atomic E-state index is -0.0693. The number of benzene rings is 1. The van der Waals surface area contributed by atoms with Crippen LogP contribution in [0.1, 0.15) is 31.2 Å². The number of carbonyl (C=O) groups excluding carboxylic acids is 1. The molecule has 2 heterocycles. The van der Waals surface area contributed by atoms with E-state index in [1.165, 1.54) is 6.42 Å². The number of piperidine rings is 1. The van der Waals surface area contributed by atoms with Crippen molar-refractivity contribution in [3.05, 3.63) is 40.4 Å². The summed E-state index contributed by atoms with van der Waals surface area (Å²) in [5.74, 6) is 0.135. The second-order valence-electron chi connectivity index (χ2n) is 5.91. The number of aryl methyl sites for hydroxylation is 2. The van der Waals surface area contributed by atoms with Crippen molar-refractivity contribution in [2.45, 2.75) is 39.2 Å². The number of nitrogens with zero attached hydrogens (tertiary/aromatic N) is 3. The van der Waals surface area contributed by atoms with Gasteiger partial charge in [-0.25, -0.2) is 4.98 Å². The van der Waals surface area contributed by atoms with Crippen molar-refractivity contribution >= 4 is 16.8 Å². The number of fused-ring (bicyclic) bond motifs is 1. The summed E-state index contributed by atoms with van der Waals surface area (Å²) in [5, 5.41) is 0.618. The predicted molar refractivity (Wildman–Crippen MR) is 85.8 cm³/mol. The van der Waals surface area contributed by atoms with Gasteiger partial charge in [0, 0.05) is 26.1 Å². The fourth-order valence-corrected chi connectivity index (χ4v) is 3.01. The van der Waals surface area contributed by atoms with Crippen LogP contribution in [-0.2, 0) is 11.3 Å². The van der Waals surface area contributed by atoms with Crippen LogP contribution in [0.4, 0.5) is 0 Å². The van der Waals surface area contributed by atoms with Crippen molar-refractivity contribution in [3.8, 4) is 0 Å². The van der Waals surface area contributed by atoms with Gasteiger partial charge in [0.25, 0.3) is 5.56 Å². The molecule has 0 N–H and O–H groups in total. The number of hydrogen-bond acceptors (Lipinski definition) is 3. The monoisotopic (exact) mass is 299 g/mol. The van der Waals surface area contributed by atoms with Crippen molar-refractivity contribution < 1.29 is 4.79 Å². The molecule has 1 amide bonds. The topological polar surface area (TPSA) is 55.2 Å². The Morgan fingerprint density at radius 2 is 2.00 bits per heavy atom. The first-order chi connectivity index (χ1) is 10.7. The Morgan fingerprint density at radius 1 is 1.23 bits per heavy atom.